The molecule has 126 valence electrons. The van der Waals surface area contributed by atoms with Gasteiger partial charge in [-0.3, -0.25) is 0 Å². The first kappa shape index (κ1) is 16.7. The minimum absolute atomic E-state index is 0.242. The molecule has 24 heavy (non-hydrogen) atoms. The summed E-state index contributed by atoms with van der Waals surface area (Å²) in [5, 5.41) is 1.03. The third-order valence-electron chi connectivity index (χ3n) is 3.80. The number of benzene rings is 2. The number of H-pyrrole nitrogens is 1. The Morgan fingerprint density at radius 1 is 1.08 bits per heavy atom. The summed E-state index contributed by atoms with van der Waals surface area (Å²) in [6.45, 7) is 0.482. The van der Waals surface area contributed by atoms with Crippen LogP contribution in [0.2, 0.25) is 0 Å². The zero-order valence-electron chi connectivity index (χ0n) is 13.6. The molecule has 4 nitrogen and oxygen atoms in total. The summed E-state index contributed by atoms with van der Waals surface area (Å²) in [5.41, 5.74) is 7.52. The second-order valence-electron chi connectivity index (χ2n) is 5.30. The van der Waals surface area contributed by atoms with Crippen molar-refractivity contribution in [1.29, 1.82) is 0 Å². The number of methoxy groups -OCH3 is 2. The van der Waals surface area contributed by atoms with Crippen LogP contribution in [-0.2, 0) is 6.42 Å². The Morgan fingerprint density at radius 2 is 1.83 bits per heavy atom. The van der Waals surface area contributed by atoms with Crippen LogP contribution in [0.3, 0.4) is 0 Å². The van der Waals surface area contributed by atoms with Crippen molar-refractivity contribution < 1.29 is 13.9 Å². The number of rotatable bonds is 6. The maximum absolute atomic E-state index is 13.5. The zero-order valence-corrected chi connectivity index (χ0v) is 14.4. The maximum atomic E-state index is 13.5. The van der Waals surface area contributed by atoms with Gasteiger partial charge in [-0.05, 0) is 42.8 Å². The van der Waals surface area contributed by atoms with Crippen molar-refractivity contribution in [1.82, 2.24) is 4.98 Å². The first-order chi connectivity index (χ1) is 11.7. The highest BCUT2D eigenvalue weighted by atomic mass is 32.2. The Bertz CT molecular complexity index is 864. The monoisotopic (exact) mass is 346 g/mol. The molecule has 0 saturated carbocycles. The standard InChI is InChI=1S/C18H19FN2O2S/c1-22-15-8-13-14(9-16(15)23-2)21-10-18(13)24-17-4-3-12(19)7-11(17)5-6-20/h3-4,7-10,21H,5-6,20H2,1-2H3. The predicted molar refractivity (Wildman–Crippen MR) is 94.7 cm³/mol. The fourth-order valence-corrected chi connectivity index (χ4v) is 3.69. The molecule has 0 saturated heterocycles. The number of nitrogens with two attached hydrogens (primary N) is 1. The maximum Gasteiger partial charge on any atom is 0.162 e. The smallest absolute Gasteiger partial charge is 0.162 e. The molecular weight excluding hydrogens is 327 g/mol. The molecule has 1 aromatic heterocycles. The predicted octanol–water partition coefficient (Wildman–Crippen LogP) is 3.98. The second-order valence-corrected chi connectivity index (χ2v) is 6.38. The van der Waals surface area contributed by atoms with Gasteiger partial charge in [-0.25, -0.2) is 4.39 Å². The van der Waals surface area contributed by atoms with Crippen LogP contribution in [-0.4, -0.2) is 25.7 Å². The van der Waals surface area contributed by atoms with Gasteiger partial charge >= 0.3 is 0 Å². The van der Waals surface area contributed by atoms with Gasteiger partial charge in [0.1, 0.15) is 5.82 Å². The minimum Gasteiger partial charge on any atom is -0.493 e. The van der Waals surface area contributed by atoms with Gasteiger partial charge in [0.15, 0.2) is 11.5 Å². The highest BCUT2D eigenvalue weighted by molar-refractivity contribution is 7.99. The van der Waals surface area contributed by atoms with Gasteiger partial charge in [0, 0.05) is 27.4 Å². The number of hydrogen-bond acceptors (Lipinski definition) is 4. The average molecular weight is 346 g/mol. The number of aromatic amines is 1. The van der Waals surface area contributed by atoms with E-state index in [0.29, 0.717) is 24.5 Å². The molecule has 2 aromatic carbocycles. The number of nitrogens with one attached hydrogen (secondary N) is 1. The van der Waals surface area contributed by atoms with E-state index in [2.05, 4.69) is 4.98 Å². The zero-order chi connectivity index (χ0) is 17.1. The molecule has 0 radical (unpaired) electrons. The van der Waals surface area contributed by atoms with Crippen molar-refractivity contribution in [3.05, 3.63) is 47.9 Å². The Morgan fingerprint density at radius 3 is 2.54 bits per heavy atom. The van der Waals surface area contributed by atoms with Gasteiger partial charge in [-0.2, -0.15) is 0 Å². The summed E-state index contributed by atoms with van der Waals surface area (Å²) >= 11 is 1.58. The SMILES string of the molecule is COc1cc2[nH]cc(Sc3ccc(F)cc3CCN)c2cc1OC. The third-order valence-corrected chi connectivity index (χ3v) is 4.98. The van der Waals surface area contributed by atoms with E-state index >= 15 is 0 Å². The summed E-state index contributed by atoms with van der Waals surface area (Å²) in [5.74, 6) is 1.11. The Kier molecular flexibility index (Phi) is 4.97. The van der Waals surface area contributed by atoms with Crippen LogP contribution < -0.4 is 15.2 Å². The molecule has 6 heteroatoms. The number of halogens is 1. The fourth-order valence-electron chi connectivity index (χ4n) is 2.62. The first-order valence-electron chi connectivity index (χ1n) is 7.55. The van der Waals surface area contributed by atoms with Gasteiger partial charge in [0.2, 0.25) is 0 Å². The largest absolute Gasteiger partial charge is 0.493 e. The lowest BCUT2D eigenvalue weighted by Gasteiger charge is -2.10. The van der Waals surface area contributed by atoms with E-state index in [1.54, 1.807) is 38.1 Å². The van der Waals surface area contributed by atoms with Crippen molar-refractivity contribution in [2.75, 3.05) is 20.8 Å². The molecule has 0 aliphatic rings. The highest BCUT2D eigenvalue weighted by Gasteiger charge is 2.13. The molecule has 0 aliphatic heterocycles. The van der Waals surface area contributed by atoms with Crippen LogP contribution in [0.1, 0.15) is 5.56 Å². The lowest BCUT2D eigenvalue weighted by Crippen LogP contribution is -2.04. The molecule has 0 spiro atoms. The summed E-state index contributed by atoms with van der Waals surface area (Å²) in [7, 11) is 3.22. The van der Waals surface area contributed by atoms with Crippen LogP contribution in [0.4, 0.5) is 4.39 Å². The molecule has 1 heterocycles. The van der Waals surface area contributed by atoms with Crippen molar-refractivity contribution in [2.24, 2.45) is 5.73 Å². The molecule has 0 unspecified atom stereocenters. The number of ether oxygens (including phenoxy) is 2. The van der Waals surface area contributed by atoms with Gasteiger partial charge in [0.05, 0.1) is 19.7 Å². The van der Waals surface area contributed by atoms with Crippen molar-refractivity contribution >= 4 is 22.7 Å². The van der Waals surface area contributed by atoms with Crippen molar-refractivity contribution in [3.63, 3.8) is 0 Å². The van der Waals surface area contributed by atoms with E-state index < -0.39 is 0 Å². The summed E-state index contributed by atoms with van der Waals surface area (Å²) in [6, 6.07) is 8.67. The minimum atomic E-state index is -0.242. The average Bonchev–Trinajstić information content (AvgIpc) is 2.98. The second kappa shape index (κ2) is 7.15. The fraction of sp³-hybridized carbons (Fsp3) is 0.222. The van der Waals surface area contributed by atoms with E-state index in [-0.39, 0.29) is 5.82 Å². The third kappa shape index (κ3) is 3.20. The van der Waals surface area contributed by atoms with E-state index in [9.17, 15) is 4.39 Å². The quantitative estimate of drug-likeness (QED) is 0.709. The molecule has 3 N–H and O–H groups in total. The molecule has 0 aliphatic carbocycles. The summed E-state index contributed by atoms with van der Waals surface area (Å²) < 4.78 is 24.2. The Labute approximate surface area is 144 Å². The topological polar surface area (TPSA) is 60.3 Å². The van der Waals surface area contributed by atoms with Crippen LogP contribution >= 0.6 is 11.8 Å². The Hall–Kier alpha value is -2.18. The van der Waals surface area contributed by atoms with Gasteiger partial charge < -0.3 is 20.2 Å². The normalized spacial score (nSPS) is 11.0. The lowest BCUT2D eigenvalue weighted by atomic mass is 10.1. The van der Waals surface area contributed by atoms with Crippen LogP contribution in [0.25, 0.3) is 10.9 Å². The molecule has 0 atom stereocenters. The van der Waals surface area contributed by atoms with Crippen LogP contribution in [0.15, 0.2) is 46.3 Å². The van der Waals surface area contributed by atoms with E-state index in [1.807, 2.05) is 18.3 Å². The first-order valence-corrected chi connectivity index (χ1v) is 8.37. The van der Waals surface area contributed by atoms with Gasteiger partial charge in [-0.15, -0.1) is 0 Å². The lowest BCUT2D eigenvalue weighted by molar-refractivity contribution is 0.356. The summed E-state index contributed by atoms with van der Waals surface area (Å²) in [6.07, 6.45) is 2.57. The molecule has 3 rings (SSSR count). The number of aromatic nitrogens is 1. The van der Waals surface area contributed by atoms with Crippen LogP contribution in [0.5, 0.6) is 11.5 Å². The highest BCUT2D eigenvalue weighted by Crippen LogP contribution is 2.40. The van der Waals surface area contributed by atoms with Gasteiger partial charge in [-0.1, -0.05) is 11.8 Å². The number of hydrogen-bond donors (Lipinski definition) is 2. The molecule has 0 fully saturated rings. The molecular formula is C18H19FN2O2S. The molecule has 0 bridgehead atoms. The number of fused-ring (bicyclic) bond motifs is 1. The molecule has 3 aromatic rings. The van der Waals surface area contributed by atoms with Crippen molar-refractivity contribution in [3.8, 4) is 11.5 Å². The van der Waals surface area contributed by atoms with E-state index in [0.717, 1.165) is 26.3 Å². The van der Waals surface area contributed by atoms with E-state index in [4.69, 9.17) is 15.2 Å². The van der Waals surface area contributed by atoms with Gasteiger partial charge in [0.25, 0.3) is 0 Å². The molecule has 0 amide bonds. The Balaban J connectivity index is 2.02. The van der Waals surface area contributed by atoms with Crippen LogP contribution in [0, 0.1) is 5.82 Å². The summed E-state index contributed by atoms with van der Waals surface area (Å²) in [4.78, 5) is 5.28. The van der Waals surface area contributed by atoms with E-state index in [1.165, 1.54) is 6.07 Å². The van der Waals surface area contributed by atoms with Crippen molar-refractivity contribution in [2.45, 2.75) is 16.2 Å².